The van der Waals surface area contributed by atoms with Gasteiger partial charge in [-0.3, -0.25) is 0 Å². The van der Waals surface area contributed by atoms with E-state index in [1.807, 2.05) is 274 Å². The number of hydrogen-bond acceptors (Lipinski definition) is 14. The monoisotopic (exact) mass is 1470 g/mol. The molecule has 0 radical (unpaired) electrons. The van der Waals surface area contributed by atoms with E-state index in [0.29, 0.717) is 104 Å². The van der Waals surface area contributed by atoms with Crippen LogP contribution in [0.3, 0.4) is 0 Å². The Bertz CT molecular complexity index is 6680. The van der Waals surface area contributed by atoms with Crippen molar-refractivity contribution in [3.05, 3.63) is 362 Å². The highest BCUT2D eigenvalue weighted by Crippen LogP contribution is 2.45. The highest BCUT2D eigenvalue weighted by atomic mass is 15.1. The first-order valence-electron chi connectivity index (χ1n) is 37.5. The van der Waals surface area contributed by atoms with Crippen molar-refractivity contribution in [2.45, 2.75) is 6.92 Å². The number of rotatable bonds is 15. The van der Waals surface area contributed by atoms with Crippen LogP contribution in [0.15, 0.2) is 346 Å². The highest BCUT2D eigenvalue weighted by molar-refractivity contribution is 6.14. The van der Waals surface area contributed by atoms with Crippen molar-refractivity contribution in [3.8, 4) is 171 Å². The van der Waals surface area contributed by atoms with Crippen LogP contribution in [-0.4, -0.2) is 68.9 Å². The van der Waals surface area contributed by atoms with Crippen molar-refractivity contribution < 1.29 is 0 Å². The molecule has 0 bridgehead atoms. The first-order chi connectivity index (χ1) is 56.8. The second-order valence-electron chi connectivity index (χ2n) is 27.9. The first kappa shape index (κ1) is 68.0. The molecule has 0 saturated carbocycles. The Morgan fingerprint density at radius 2 is 0.435 bits per heavy atom. The molecule has 115 heavy (non-hydrogen) atoms. The van der Waals surface area contributed by atoms with E-state index in [1.54, 1.807) is 0 Å². The summed E-state index contributed by atoms with van der Waals surface area (Å²) in [6.45, 7) is 1.97. The van der Waals surface area contributed by atoms with Gasteiger partial charge in [-0.15, -0.1) is 0 Å². The fourth-order valence-corrected chi connectivity index (χ4v) is 15.1. The van der Waals surface area contributed by atoms with Gasteiger partial charge in [-0.25, -0.2) is 59.8 Å². The minimum Gasteiger partial charge on any atom is -0.307 e. The molecule has 16 nitrogen and oxygen atoms in total. The summed E-state index contributed by atoms with van der Waals surface area (Å²) in [4.78, 5) is 62.5. The van der Waals surface area contributed by atoms with Crippen LogP contribution < -0.4 is 0 Å². The maximum absolute atomic E-state index is 11.9. The molecule has 536 valence electrons. The molecule has 16 heteroatoms. The third-order valence-electron chi connectivity index (χ3n) is 20.6. The van der Waals surface area contributed by atoms with Gasteiger partial charge in [0.25, 0.3) is 0 Å². The van der Waals surface area contributed by atoms with Crippen molar-refractivity contribution in [3.63, 3.8) is 0 Å². The van der Waals surface area contributed by atoms with Crippen LogP contribution in [0.2, 0.25) is 0 Å². The molecule has 0 amide bonds. The summed E-state index contributed by atoms with van der Waals surface area (Å²) in [5, 5.41) is 25.9. The Morgan fingerprint density at radius 1 is 0.209 bits per heavy atom. The van der Waals surface area contributed by atoms with E-state index >= 15 is 0 Å². The van der Waals surface area contributed by atoms with Crippen LogP contribution in [0.4, 0.5) is 0 Å². The number of nitrogens with zero attached hydrogens (tertiary/aromatic N) is 16. The minimum atomic E-state index is 0.373. The molecule has 0 N–H and O–H groups in total. The Hall–Kier alpha value is -16.3. The average Bonchev–Trinajstić information content (AvgIpc) is 1.56. The van der Waals surface area contributed by atoms with E-state index in [0.717, 1.165) is 116 Å². The van der Waals surface area contributed by atoms with Crippen LogP contribution in [-0.2, 0) is 0 Å². The Kier molecular flexibility index (Phi) is 17.1. The van der Waals surface area contributed by atoms with Gasteiger partial charge < -0.3 is 9.13 Å². The van der Waals surface area contributed by atoms with Crippen molar-refractivity contribution in [1.29, 1.82) is 10.5 Å². The SMILES string of the molecule is Cc1cc(C#N)cc(-c2cc(-n3c4ccc(-c5nc(-c6ccccc6)nc(-c6ccccc6)n5)cc4c4cc(-c5nc(-c6ccccc6)nc(-c6ccccc6)n5)ccc43)c(-n3c4ccc(-c5nc(-c6ccccc6)nc(-c6ccccc6)n5)cc4c4cc(-c5nc(-c6ccccc6)nc(-c6ccccc6)n5)ccc43)cc2C#N)c1. The van der Waals surface area contributed by atoms with Gasteiger partial charge in [-0.2, -0.15) is 10.5 Å². The molecular weight excluding hydrogens is 1410 g/mol. The fraction of sp³-hybridized carbons (Fsp3) is 0.0101. The molecule has 6 aromatic heterocycles. The minimum absolute atomic E-state index is 0.373. The van der Waals surface area contributed by atoms with Gasteiger partial charge in [0.15, 0.2) is 69.9 Å². The molecule has 0 saturated heterocycles. The molecule has 14 aromatic carbocycles. The zero-order valence-electron chi connectivity index (χ0n) is 61.6. The lowest BCUT2D eigenvalue weighted by atomic mass is 9.95. The van der Waals surface area contributed by atoms with Crippen molar-refractivity contribution in [2.75, 3.05) is 0 Å². The number of aromatic nitrogens is 14. The number of benzene rings is 14. The summed E-state index contributed by atoms with van der Waals surface area (Å²) >= 11 is 0. The summed E-state index contributed by atoms with van der Waals surface area (Å²) in [5.74, 6) is 6.04. The predicted molar refractivity (Wildman–Crippen MR) is 453 cm³/mol. The Labute approximate surface area is 659 Å². The van der Waals surface area contributed by atoms with Crippen LogP contribution in [0, 0.1) is 29.6 Å². The third-order valence-corrected chi connectivity index (χ3v) is 20.6. The molecule has 0 aliphatic carbocycles. The van der Waals surface area contributed by atoms with Crippen molar-refractivity contribution in [2.24, 2.45) is 0 Å². The average molecular weight is 1470 g/mol. The second kappa shape index (κ2) is 28.9. The molecule has 6 heterocycles. The van der Waals surface area contributed by atoms with E-state index in [2.05, 4.69) is 100 Å². The summed E-state index contributed by atoms with van der Waals surface area (Å²) < 4.78 is 4.52. The second-order valence-corrected chi connectivity index (χ2v) is 27.9. The van der Waals surface area contributed by atoms with E-state index in [1.165, 1.54) is 0 Å². The van der Waals surface area contributed by atoms with E-state index in [-0.39, 0.29) is 0 Å². The zero-order valence-corrected chi connectivity index (χ0v) is 61.6. The van der Waals surface area contributed by atoms with E-state index in [4.69, 9.17) is 59.8 Å². The summed E-state index contributed by atoms with van der Waals surface area (Å²) in [7, 11) is 0. The smallest absolute Gasteiger partial charge is 0.164 e. The molecule has 0 aliphatic rings. The van der Waals surface area contributed by atoms with E-state index in [9.17, 15) is 10.5 Å². The topological polar surface area (TPSA) is 212 Å². The lowest BCUT2D eigenvalue weighted by Gasteiger charge is -2.20. The van der Waals surface area contributed by atoms with Crippen molar-refractivity contribution >= 4 is 43.6 Å². The summed E-state index contributed by atoms with van der Waals surface area (Å²) in [6.07, 6.45) is 0. The normalized spacial score (nSPS) is 11.3. The number of fused-ring (bicyclic) bond motifs is 6. The van der Waals surface area contributed by atoms with Gasteiger partial charge in [-0.1, -0.05) is 249 Å². The van der Waals surface area contributed by atoms with Crippen LogP contribution in [0.1, 0.15) is 16.7 Å². The molecule has 0 aliphatic heterocycles. The van der Waals surface area contributed by atoms with Crippen molar-refractivity contribution in [1.82, 2.24) is 68.9 Å². The van der Waals surface area contributed by atoms with Crippen LogP contribution in [0.5, 0.6) is 0 Å². The summed E-state index contributed by atoms with van der Waals surface area (Å²) in [5.41, 5.74) is 17.2. The number of hydrogen-bond donors (Lipinski definition) is 0. The Morgan fingerprint density at radius 3 is 0.661 bits per heavy atom. The van der Waals surface area contributed by atoms with Gasteiger partial charge in [0.1, 0.15) is 0 Å². The van der Waals surface area contributed by atoms with Crippen LogP contribution in [0.25, 0.3) is 203 Å². The summed E-state index contributed by atoms with van der Waals surface area (Å²) in [6, 6.07) is 120. The van der Waals surface area contributed by atoms with E-state index < -0.39 is 0 Å². The number of nitriles is 2. The van der Waals surface area contributed by atoms with Gasteiger partial charge in [-0.05, 0) is 115 Å². The first-order valence-corrected chi connectivity index (χ1v) is 37.5. The van der Waals surface area contributed by atoms with Gasteiger partial charge in [0.05, 0.1) is 56.7 Å². The lowest BCUT2D eigenvalue weighted by Crippen LogP contribution is -2.06. The quantitative estimate of drug-likeness (QED) is 0.0934. The highest BCUT2D eigenvalue weighted by Gasteiger charge is 2.27. The molecule has 0 spiro atoms. The van der Waals surface area contributed by atoms with Crippen LogP contribution >= 0.6 is 0 Å². The zero-order chi connectivity index (χ0) is 76.9. The maximum Gasteiger partial charge on any atom is 0.164 e. The Balaban J connectivity index is 0.880. The van der Waals surface area contributed by atoms with Gasteiger partial charge in [0.2, 0.25) is 0 Å². The predicted octanol–water partition coefficient (Wildman–Crippen LogP) is 22.3. The molecule has 20 aromatic rings. The fourth-order valence-electron chi connectivity index (χ4n) is 15.1. The largest absolute Gasteiger partial charge is 0.307 e. The number of aryl methyl sites for hydroxylation is 1. The lowest BCUT2D eigenvalue weighted by molar-refractivity contribution is 1.07. The molecule has 0 atom stereocenters. The van der Waals surface area contributed by atoms with Gasteiger partial charge in [0, 0.05) is 93.9 Å². The molecular formula is C99H60N16. The standard InChI is InChI=1S/C99H60N16/c1-61-50-62(59-100)52-75(51-61)77-58-87(115-84-48-44-73(98-110-92(67-34-18-6-19-35-67)104-93(111-98)68-36-20-7-21-37-68)55-80(84)81-56-74(45-49-85(81)115)99-112-94(69-38-22-8-23-39-69)105-95(113-99)70-40-24-9-25-41-70)86(57-76(77)60-101)114-82-46-42-71(96-106-88(63-26-10-2-11-27-63)102-89(107-96)64-28-12-3-13-29-64)53-78(82)79-54-72(43-47-83(79)114)97-108-90(65-30-14-4-15-31-65)103-91(109-97)66-32-16-5-17-33-66/h2-58H,1H3. The third kappa shape index (κ3) is 12.9. The van der Waals surface area contributed by atoms with Gasteiger partial charge >= 0.3 is 0 Å². The molecule has 0 unspecified atom stereocenters. The molecule has 20 rings (SSSR count). The molecule has 0 fully saturated rings. The maximum atomic E-state index is 11.9.